The van der Waals surface area contributed by atoms with E-state index in [9.17, 15) is 4.79 Å². The van der Waals surface area contributed by atoms with E-state index in [1.165, 1.54) is 0 Å². The SMILES string of the molecule is O=C(Nc1ccc(N2CCOCC2)cc1)c1nccc2c1[nH]c1ccccc12. The van der Waals surface area contributed by atoms with Gasteiger partial charge in [-0.2, -0.15) is 0 Å². The molecule has 1 aliphatic heterocycles. The summed E-state index contributed by atoms with van der Waals surface area (Å²) in [6, 6.07) is 17.8. The molecule has 0 saturated carbocycles. The Balaban J connectivity index is 1.41. The van der Waals surface area contributed by atoms with Crippen LogP contribution in [0, 0.1) is 0 Å². The first-order valence-electron chi connectivity index (χ1n) is 9.39. The molecule has 0 aliphatic carbocycles. The third kappa shape index (κ3) is 2.97. The number of para-hydroxylation sites is 1. The van der Waals surface area contributed by atoms with Crippen molar-refractivity contribution < 1.29 is 9.53 Å². The maximum absolute atomic E-state index is 12.9. The number of morpholine rings is 1. The van der Waals surface area contributed by atoms with E-state index in [0.717, 1.165) is 59.5 Å². The van der Waals surface area contributed by atoms with Crippen LogP contribution in [0.1, 0.15) is 10.5 Å². The number of nitrogens with zero attached hydrogens (tertiary/aromatic N) is 2. The molecule has 5 rings (SSSR count). The number of benzene rings is 2. The molecular weight excluding hydrogens is 352 g/mol. The summed E-state index contributed by atoms with van der Waals surface area (Å²) in [6.07, 6.45) is 1.68. The van der Waals surface area contributed by atoms with Gasteiger partial charge >= 0.3 is 0 Å². The number of aromatic amines is 1. The average molecular weight is 372 g/mol. The molecule has 1 saturated heterocycles. The van der Waals surface area contributed by atoms with Crippen LogP contribution in [0.3, 0.4) is 0 Å². The fourth-order valence-electron chi connectivity index (χ4n) is 3.71. The minimum absolute atomic E-state index is 0.226. The molecule has 6 heteroatoms. The van der Waals surface area contributed by atoms with Gasteiger partial charge < -0.3 is 19.9 Å². The van der Waals surface area contributed by atoms with Gasteiger partial charge in [-0.05, 0) is 36.4 Å². The molecule has 1 fully saturated rings. The largest absolute Gasteiger partial charge is 0.378 e. The summed E-state index contributed by atoms with van der Waals surface area (Å²) in [5.74, 6) is -0.226. The number of pyridine rings is 1. The first-order chi connectivity index (χ1) is 13.8. The Morgan fingerprint density at radius 3 is 2.61 bits per heavy atom. The van der Waals surface area contributed by atoms with E-state index in [2.05, 4.69) is 20.2 Å². The summed E-state index contributed by atoms with van der Waals surface area (Å²) in [5.41, 5.74) is 4.03. The number of fused-ring (bicyclic) bond motifs is 3. The molecule has 140 valence electrons. The lowest BCUT2D eigenvalue weighted by Crippen LogP contribution is -2.36. The number of hydrogen-bond acceptors (Lipinski definition) is 4. The molecule has 0 bridgehead atoms. The molecule has 1 amide bonds. The number of anilines is 2. The van der Waals surface area contributed by atoms with E-state index in [4.69, 9.17) is 4.74 Å². The van der Waals surface area contributed by atoms with E-state index in [0.29, 0.717) is 5.69 Å². The van der Waals surface area contributed by atoms with Gasteiger partial charge in [0.25, 0.3) is 5.91 Å². The van der Waals surface area contributed by atoms with Crippen molar-refractivity contribution >= 4 is 39.1 Å². The number of ether oxygens (including phenoxy) is 1. The van der Waals surface area contributed by atoms with Crippen molar-refractivity contribution in [3.8, 4) is 0 Å². The topological polar surface area (TPSA) is 70.2 Å². The summed E-state index contributed by atoms with van der Waals surface area (Å²) in [7, 11) is 0. The molecule has 28 heavy (non-hydrogen) atoms. The Morgan fingerprint density at radius 1 is 1.00 bits per heavy atom. The standard InChI is InChI=1S/C22H20N4O2/c27-22(24-15-5-7-16(8-6-15)26-11-13-28-14-12-26)21-20-18(9-10-23-21)17-3-1-2-4-19(17)25-20/h1-10,25H,11-14H2,(H,24,27). The van der Waals surface area contributed by atoms with Gasteiger partial charge in [0, 0.05) is 47.0 Å². The van der Waals surface area contributed by atoms with E-state index in [1.807, 2.05) is 54.6 Å². The van der Waals surface area contributed by atoms with Gasteiger partial charge in [0.2, 0.25) is 0 Å². The Morgan fingerprint density at radius 2 is 1.79 bits per heavy atom. The zero-order valence-electron chi connectivity index (χ0n) is 15.3. The molecule has 2 aromatic carbocycles. The summed E-state index contributed by atoms with van der Waals surface area (Å²) in [4.78, 5) is 22.8. The number of H-pyrrole nitrogens is 1. The van der Waals surface area contributed by atoms with E-state index < -0.39 is 0 Å². The third-order valence-corrected chi connectivity index (χ3v) is 5.14. The number of hydrogen-bond donors (Lipinski definition) is 2. The Labute approximate surface area is 162 Å². The number of nitrogens with one attached hydrogen (secondary N) is 2. The van der Waals surface area contributed by atoms with Crippen LogP contribution in [0.5, 0.6) is 0 Å². The van der Waals surface area contributed by atoms with Crippen LogP contribution < -0.4 is 10.2 Å². The third-order valence-electron chi connectivity index (χ3n) is 5.14. The molecule has 6 nitrogen and oxygen atoms in total. The number of amides is 1. The summed E-state index contributed by atoms with van der Waals surface area (Å²) < 4.78 is 5.39. The minimum Gasteiger partial charge on any atom is -0.378 e. The zero-order chi connectivity index (χ0) is 18.9. The van der Waals surface area contributed by atoms with E-state index in [1.54, 1.807) is 6.20 Å². The molecule has 4 aromatic rings. The van der Waals surface area contributed by atoms with Gasteiger partial charge in [-0.1, -0.05) is 18.2 Å². The molecular formula is C22H20N4O2. The van der Waals surface area contributed by atoms with Crippen molar-refractivity contribution in [2.75, 3.05) is 36.5 Å². The monoisotopic (exact) mass is 372 g/mol. The summed E-state index contributed by atoms with van der Waals surface area (Å²) >= 11 is 0. The lowest BCUT2D eigenvalue weighted by molar-refractivity contribution is 0.102. The van der Waals surface area contributed by atoms with Crippen molar-refractivity contribution in [1.82, 2.24) is 9.97 Å². The van der Waals surface area contributed by atoms with Gasteiger partial charge in [-0.25, -0.2) is 4.98 Å². The first kappa shape index (κ1) is 16.8. The van der Waals surface area contributed by atoms with Crippen LogP contribution in [0.2, 0.25) is 0 Å². The van der Waals surface area contributed by atoms with Crippen molar-refractivity contribution in [1.29, 1.82) is 0 Å². The highest BCUT2D eigenvalue weighted by atomic mass is 16.5. The van der Waals surface area contributed by atoms with Crippen molar-refractivity contribution in [2.24, 2.45) is 0 Å². The Hall–Kier alpha value is -3.38. The number of carbonyl (C=O) groups is 1. The van der Waals surface area contributed by atoms with Crippen molar-refractivity contribution in [2.45, 2.75) is 0 Å². The van der Waals surface area contributed by atoms with Crippen LogP contribution in [-0.4, -0.2) is 42.2 Å². The van der Waals surface area contributed by atoms with Crippen LogP contribution in [0.25, 0.3) is 21.8 Å². The maximum Gasteiger partial charge on any atom is 0.276 e. The quantitative estimate of drug-likeness (QED) is 0.574. The molecule has 3 heterocycles. The van der Waals surface area contributed by atoms with E-state index >= 15 is 0 Å². The molecule has 0 atom stereocenters. The van der Waals surface area contributed by atoms with Gasteiger partial charge in [0.05, 0.1) is 18.7 Å². The van der Waals surface area contributed by atoms with Crippen LogP contribution in [-0.2, 0) is 4.74 Å². The smallest absolute Gasteiger partial charge is 0.276 e. The predicted octanol–water partition coefficient (Wildman–Crippen LogP) is 3.81. The Bertz CT molecular complexity index is 1140. The van der Waals surface area contributed by atoms with Crippen molar-refractivity contribution in [3.05, 3.63) is 66.5 Å². The second kappa shape index (κ2) is 6.98. The second-order valence-corrected chi connectivity index (χ2v) is 6.85. The highest BCUT2D eigenvalue weighted by Gasteiger charge is 2.16. The van der Waals surface area contributed by atoms with Gasteiger partial charge in [-0.15, -0.1) is 0 Å². The lowest BCUT2D eigenvalue weighted by Gasteiger charge is -2.28. The number of aromatic nitrogens is 2. The molecule has 1 aliphatic rings. The molecule has 0 unspecified atom stereocenters. The number of carbonyl (C=O) groups excluding carboxylic acids is 1. The van der Waals surface area contributed by atoms with Crippen LogP contribution in [0.4, 0.5) is 11.4 Å². The fourth-order valence-corrected chi connectivity index (χ4v) is 3.71. The number of rotatable bonds is 3. The van der Waals surface area contributed by atoms with Crippen molar-refractivity contribution in [3.63, 3.8) is 0 Å². The fraction of sp³-hybridized carbons (Fsp3) is 0.182. The maximum atomic E-state index is 12.9. The van der Waals surface area contributed by atoms with Gasteiger partial charge in [0.15, 0.2) is 5.69 Å². The normalized spacial score (nSPS) is 14.5. The summed E-state index contributed by atoms with van der Waals surface area (Å²) in [6.45, 7) is 3.27. The lowest BCUT2D eigenvalue weighted by atomic mass is 10.1. The highest BCUT2D eigenvalue weighted by Crippen LogP contribution is 2.27. The summed E-state index contributed by atoms with van der Waals surface area (Å²) in [5, 5.41) is 5.05. The highest BCUT2D eigenvalue weighted by molar-refractivity contribution is 6.16. The molecule has 0 spiro atoms. The molecule has 2 N–H and O–H groups in total. The molecule has 2 aromatic heterocycles. The Kier molecular flexibility index (Phi) is 4.18. The second-order valence-electron chi connectivity index (χ2n) is 6.85. The van der Waals surface area contributed by atoms with Crippen LogP contribution in [0.15, 0.2) is 60.8 Å². The zero-order valence-corrected chi connectivity index (χ0v) is 15.3. The van der Waals surface area contributed by atoms with Gasteiger partial charge in [0.1, 0.15) is 0 Å². The minimum atomic E-state index is -0.226. The predicted molar refractivity (Wildman–Crippen MR) is 111 cm³/mol. The average Bonchev–Trinajstić information content (AvgIpc) is 3.14. The first-order valence-corrected chi connectivity index (χ1v) is 9.39. The van der Waals surface area contributed by atoms with Crippen LogP contribution >= 0.6 is 0 Å². The van der Waals surface area contributed by atoms with Gasteiger partial charge in [-0.3, -0.25) is 4.79 Å². The van der Waals surface area contributed by atoms with E-state index in [-0.39, 0.29) is 5.91 Å². The molecule has 0 radical (unpaired) electrons.